The van der Waals surface area contributed by atoms with E-state index in [0.29, 0.717) is 12.5 Å². The van der Waals surface area contributed by atoms with Gasteiger partial charge in [0.1, 0.15) is 16.4 Å². The third-order valence-electron chi connectivity index (χ3n) is 5.16. The summed E-state index contributed by atoms with van der Waals surface area (Å²) in [6.07, 6.45) is -4.54. The minimum atomic E-state index is -5.08. The Labute approximate surface area is 209 Å². The maximum atomic E-state index is 10.6. The van der Waals surface area contributed by atoms with Gasteiger partial charge in [-0.1, -0.05) is 11.3 Å². The molecule has 1 spiro atoms. The molecule has 2 aromatic heterocycles. The zero-order chi connectivity index (χ0) is 27.9. The molecule has 0 saturated carbocycles. The van der Waals surface area contributed by atoms with Gasteiger partial charge in [-0.25, -0.2) is 9.59 Å². The molecule has 4 heterocycles. The van der Waals surface area contributed by atoms with Crippen molar-refractivity contribution in [1.29, 1.82) is 0 Å². The number of carboxylic acid groups (broad SMARTS) is 2. The van der Waals surface area contributed by atoms with Gasteiger partial charge in [0.15, 0.2) is 0 Å². The van der Waals surface area contributed by atoms with E-state index in [1.165, 1.54) is 0 Å². The molecular formula is C20H22F6N4O6S. The molecule has 2 saturated heterocycles. The van der Waals surface area contributed by atoms with Crippen LogP contribution in [0.5, 0.6) is 5.75 Å². The third kappa shape index (κ3) is 8.99. The normalized spacial score (nSPS) is 18.1. The van der Waals surface area contributed by atoms with E-state index in [1.54, 1.807) is 23.7 Å². The van der Waals surface area contributed by atoms with E-state index in [1.807, 2.05) is 19.1 Å². The van der Waals surface area contributed by atoms with Crippen molar-refractivity contribution in [2.45, 2.75) is 37.7 Å². The summed E-state index contributed by atoms with van der Waals surface area (Å²) in [4.78, 5) is 24.1. The van der Waals surface area contributed by atoms with Crippen LogP contribution in [0.1, 0.15) is 17.8 Å². The van der Waals surface area contributed by atoms with E-state index in [9.17, 15) is 26.3 Å². The second-order valence-corrected chi connectivity index (χ2v) is 8.95. The maximum absolute atomic E-state index is 10.6. The van der Waals surface area contributed by atoms with Gasteiger partial charge in [-0.2, -0.15) is 26.3 Å². The predicted octanol–water partition coefficient (Wildman–Crippen LogP) is 3.57. The zero-order valence-corrected chi connectivity index (χ0v) is 19.9. The van der Waals surface area contributed by atoms with Gasteiger partial charge >= 0.3 is 24.3 Å². The lowest BCUT2D eigenvalue weighted by molar-refractivity contribution is -0.193. The Morgan fingerprint density at radius 1 is 1.16 bits per heavy atom. The van der Waals surface area contributed by atoms with Gasteiger partial charge in [-0.3, -0.25) is 4.98 Å². The standard InChI is InChI=1S/C16H20N4O2S.2C2HF3O2/c1-12-18-19-15(23-12)20-10-16(11-20)13(5-8-22-16)4-7-21-14-3-2-6-17-9-14;2*3-2(4,5)1(6)7/h2-3,6,9,13H,4-5,7-8,10-11H2,1H3;2*(H,6,7). The molecular weight excluding hydrogens is 538 g/mol. The van der Waals surface area contributed by atoms with Crippen molar-refractivity contribution in [3.05, 3.63) is 29.5 Å². The van der Waals surface area contributed by atoms with E-state index in [2.05, 4.69) is 20.1 Å². The Hall–Kier alpha value is -3.21. The Morgan fingerprint density at radius 3 is 2.22 bits per heavy atom. The minimum absolute atomic E-state index is 0.0160. The maximum Gasteiger partial charge on any atom is 0.490 e. The van der Waals surface area contributed by atoms with Crippen LogP contribution < -0.4 is 9.64 Å². The van der Waals surface area contributed by atoms with Gasteiger partial charge in [-0.05, 0) is 37.8 Å². The smallest absolute Gasteiger partial charge is 0.490 e. The van der Waals surface area contributed by atoms with Crippen LogP contribution >= 0.6 is 11.3 Å². The number of aliphatic carboxylic acids is 2. The second kappa shape index (κ2) is 12.4. The number of carboxylic acids is 2. The molecule has 2 fully saturated rings. The zero-order valence-electron chi connectivity index (χ0n) is 19.1. The highest BCUT2D eigenvalue weighted by Gasteiger charge is 2.53. The molecule has 0 radical (unpaired) electrons. The summed E-state index contributed by atoms with van der Waals surface area (Å²) in [6, 6.07) is 3.83. The van der Waals surface area contributed by atoms with Crippen LogP contribution in [0.3, 0.4) is 0 Å². The first-order valence-corrected chi connectivity index (χ1v) is 11.3. The number of hydrogen-bond acceptors (Lipinski definition) is 9. The lowest BCUT2D eigenvalue weighted by Crippen LogP contribution is -2.65. The number of ether oxygens (including phenoxy) is 2. The quantitative estimate of drug-likeness (QED) is 0.523. The first kappa shape index (κ1) is 30.0. The number of rotatable bonds is 5. The molecule has 10 nitrogen and oxygen atoms in total. The molecule has 1 atom stereocenters. The molecule has 0 aromatic carbocycles. The van der Waals surface area contributed by atoms with Crippen LogP contribution in [-0.4, -0.2) is 81.6 Å². The topological polar surface area (TPSA) is 135 Å². The van der Waals surface area contributed by atoms with Gasteiger partial charge in [-0.15, -0.1) is 10.2 Å². The molecule has 0 amide bonds. The van der Waals surface area contributed by atoms with Gasteiger partial charge < -0.3 is 24.6 Å². The molecule has 4 rings (SSSR count). The first-order valence-electron chi connectivity index (χ1n) is 10.5. The summed E-state index contributed by atoms with van der Waals surface area (Å²) >= 11 is 1.65. The SMILES string of the molecule is Cc1nnc(N2CC3(C2)OCCC3CCOc2cccnc2)s1.O=C(O)C(F)(F)F.O=C(O)C(F)(F)F. The molecule has 2 aliphatic rings. The van der Waals surface area contributed by atoms with E-state index in [0.717, 1.165) is 48.4 Å². The number of halogens is 6. The Balaban J connectivity index is 0.000000286. The van der Waals surface area contributed by atoms with Gasteiger partial charge in [0.2, 0.25) is 5.13 Å². The number of nitrogens with zero attached hydrogens (tertiary/aromatic N) is 4. The fraction of sp³-hybridized carbons (Fsp3) is 0.550. The molecule has 17 heteroatoms. The Morgan fingerprint density at radius 2 is 1.76 bits per heavy atom. The molecule has 1 unspecified atom stereocenters. The minimum Gasteiger partial charge on any atom is -0.492 e. The number of anilines is 1. The average molecular weight is 560 g/mol. The van der Waals surface area contributed by atoms with E-state index in [4.69, 9.17) is 29.3 Å². The van der Waals surface area contributed by atoms with Crippen molar-refractivity contribution >= 4 is 28.4 Å². The summed E-state index contributed by atoms with van der Waals surface area (Å²) in [5, 5.41) is 24.6. The van der Waals surface area contributed by atoms with Crippen LogP contribution in [-0.2, 0) is 14.3 Å². The molecule has 2 N–H and O–H groups in total. The highest BCUT2D eigenvalue weighted by molar-refractivity contribution is 7.15. The van der Waals surface area contributed by atoms with Crippen molar-refractivity contribution in [1.82, 2.24) is 15.2 Å². The number of pyridine rings is 1. The van der Waals surface area contributed by atoms with Crippen LogP contribution in [0.15, 0.2) is 24.5 Å². The lowest BCUT2D eigenvalue weighted by Gasteiger charge is -2.50. The Bertz CT molecular complexity index is 1010. The predicted molar refractivity (Wildman–Crippen MR) is 115 cm³/mol. The molecule has 37 heavy (non-hydrogen) atoms. The molecule has 0 aliphatic carbocycles. The van der Waals surface area contributed by atoms with E-state index in [-0.39, 0.29) is 5.60 Å². The van der Waals surface area contributed by atoms with Crippen molar-refractivity contribution in [3.8, 4) is 5.75 Å². The highest BCUT2D eigenvalue weighted by atomic mass is 32.1. The molecule has 2 aromatic rings. The van der Waals surface area contributed by atoms with Crippen molar-refractivity contribution in [2.75, 3.05) is 31.2 Å². The molecule has 2 aliphatic heterocycles. The third-order valence-corrected chi connectivity index (χ3v) is 6.06. The van der Waals surface area contributed by atoms with E-state index >= 15 is 0 Å². The fourth-order valence-electron chi connectivity index (χ4n) is 3.44. The number of alkyl halides is 6. The molecule has 206 valence electrons. The van der Waals surface area contributed by atoms with Gasteiger partial charge in [0, 0.05) is 12.8 Å². The van der Waals surface area contributed by atoms with Crippen molar-refractivity contribution in [2.24, 2.45) is 5.92 Å². The second-order valence-electron chi connectivity index (χ2n) is 7.79. The molecule has 0 bridgehead atoms. The van der Waals surface area contributed by atoms with Gasteiger partial charge in [0.25, 0.3) is 0 Å². The van der Waals surface area contributed by atoms with Crippen LogP contribution in [0.25, 0.3) is 0 Å². The highest BCUT2D eigenvalue weighted by Crippen LogP contribution is 2.43. The Kier molecular flexibility index (Phi) is 10.0. The van der Waals surface area contributed by atoms with Crippen molar-refractivity contribution in [3.63, 3.8) is 0 Å². The summed E-state index contributed by atoms with van der Waals surface area (Å²) in [5.41, 5.74) is -0.0160. The number of carbonyl (C=O) groups is 2. The summed E-state index contributed by atoms with van der Waals surface area (Å²) < 4.78 is 75.4. The van der Waals surface area contributed by atoms with Gasteiger partial charge in [0.05, 0.1) is 25.9 Å². The fourth-order valence-corrected chi connectivity index (χ4v) is 4.13. The number of aryl methyl sites for hydroxylation is 1. The first-order chi connectivity index (χ1) is 17.1. The van der Waals surface area contributed by atoms with Crippen LogP contribution in [0.2, 0.25) is 0 Å². The summed E-state index contributed by atoms with van der Waals surface area (Å²) in [6.45, 7) is 5.37. The van der Waals surface area contributed by atoms with Crippen LogP contribution in [0.4, 0.5) is 31.5 Å². The van der Waals surface area contributed by atoms with E-state index < -0.39 is 24.3 Å². The lowest BCUT2D eigenvalue weighted by atomic mass is 9.79. The average Bonchev–Trinajstić information content (AvgIpc) is 3.39. The number of hydrogen-bond donors (Lipinski definition) is 2. The largest absolute Gasteiger partial charge is 0.492 e. The monoisotopic (exact) mass is 560 g/mol. The van der Waals surface area contributed by atoms with Crippen LogP contribution in [0, 0.1) is 12.8 Å². The number of aromatic nitrogens is 3. The summed E-state index contributed by atoms with van der Waals surface area (Å²) in [7, 11) is 0. The van der Waals surface area contributed by atoms with Crippen molar-refractivity contribution < 1.29 is 55.6 Å². The summed E-state index contributed by atoms with van der Waals surface area (Å²) in [5.74, 6) is -4.13.